The number of nitrogens with zero attached hydrogens (tertiary/aromatic N) is 4. The number of carbonyl (C=O) groups is 3. The van der Waals surface area contributed by atoms with Gasteiger partial charge in [-0.15, -0.1) is 0 Å². The number of aromatic nitrogens is 3. The maximum Gasteiger partial charge on any atom is 0.339 e. The molecule has 0 aromatic carbocycles. The van der Waals surface area contributed by atoms with Gasteiger partial charge in [0.05, 0.1) is 30.4 Å². The van der Waals surface area contributed by atoms with Crippen LogP contribution in [0.1, 0.15) is 10.4 Å². The van der Waals surface area contributed by atoms with Gasteiger partial charge in [-0.05, 0) is 0 Å². The van der Waals surface area contributed by atoms with E-state index in [2.05, 4.69) is 15.4 Å². The van der Waals surface area contributed by atoms with E-state index in [9.17, 15) is 19.5 Å². The van der Waals surface area contributed by atoms with E-state index in [0.29, 0.717) is 11.0 Å². The summed E-state index contributed by atoms with van der Waals surface area (Å²) in [7, 11) is 1.67. The molecule has 0 unspecified atom stereocenters. The van der Waals surface area contributed by atoms with Crippen molar-refractivity contribution in [2.75, 3.05) is 18.0 Å². The number of carboxylic acids is 1. The van der Waals surface area contributed by atoms with Crippen LogP contribution in [0.15, 0.2) is 12.4 Å². The number of piperazine rings is 1. The van der Waals surface area contributed by atoms with Gasteiger partial charge in [0.25, 0.3) is 0 Å². The minimum absolute atomic E-state index is 0.0713. The Morgan fingerprint density at radius 3 is 2.57 bits per heavy atom. The fraction of sp³-hybridized carbons (Fsp3) is 0.250. The zero-order chi connectivity index (χ0) is 15.1. The summed E-state index contributed by atoms with van der Waals surface area (Å²) >= 11 is 0. The minimum Gasteiger partial charge on any atom is -0.478 e. The number of anilines is 1. The Morgan fingerprint density at radius 1 is 1.29 bits per heavy atom. The van der Waals surface area contributed by atoms with E-state index >= 15 is 0 Å². The first-order valence-corrected chi connectivity index (χ1v) is 6.09. The second-order valence-corrected chi connectivity index (χ2v) is 4.66. The number of aromatic carboxylic acids is 1. The molecule has 0 bridgehead atoms. The van der Waals surface area contributed by atoms with Gasteiger partial charge in [-0.2, -0.15) is 5.10 Å². The Bertz CT molecular complexity index is 765. The highest BCUT2D eigenvalue weighted by Crippen LogP contribution is 2.29. The van der Waals surface area contributed by atoms with Crippen molar-refractivity contribution in [3.63, 3.8) is 0 Å². The van der Waals surface area contributed by atoms with E-state index in [4.69, 9.17) is 0 Å². The summed E-state index contributed by atoms with van der Waals surface area (Å²) in [5, 5.41) is 16.0. The molecule has 0 atom stereocenters. The van der Waals surface area contributed by atoms with Crippen LogP contribution in [0.5, 0.6) is 0 Å². The largest absolute Gasteiger partial charge is 0.478 e. The number of nitrogens with one attached hydrogen (secondary N) is 1. The van der Waals surface area contributed by atoms with Crippen LogP contribution in [-0.2, 0) is 16.6 Å². The molecule has 0 saturated carbocycles. The second kappa shape index (κ2) is 4.54. The summed E-state index contributed by atoms with van der Waals surface area (Å²) in [5.41, 5.74) is 0.690. The van der Waals surface area contributed by atoms with E-state index < -0.39 is 17.8 Å². The Balaban J connectivity index is 2.23. The van der Waals surface area contributed by atoms with Crippen LogP contribution in [0.25, 0.3) is 11.0 Å². The number of pyridine rings is 1. The molecule has 1 aliphatic rings. The number of rotatable bonds is 2. The Kier molecular flexibility index (Phi) is 2.82. The van der Waals surface area contributed by atoms with Gasteiger partial charge >= 0.3 is 5.97 Å². The van der Waals surface area contributed by atoms with Crippen molar-refractivity contribution in [2.24, 2.45) is 7.05 Å². The highest BCUT2D eigenvalue weighted by atomic mass is 16.4. The van der Waals surface area contributed by atoms with Gasteiger partial charge in [-0.1, -0.05) is 0 Å². The summed E-state index contributed by atoms with van der Waals surface area (Å²) in [4.78, 5) is 39.9. The number of amides is 2. The van der Waals surface area contributed by atoms with Crippen molar-refractivity contribution in [3.8, 4) is 0 Å². The van der Waals surface area contributed by atoms with Crippen LogP contribution < -0.4 is 10.2 Å². The van der Waals surface area contributed by atoms with Crippen LogP contribution in [0.4, 0.5) is 5.69 Å². The molecule has 3 heterocycles. The van der Waals surface area contributed by atoms with E-state index in [-0.39, 0.29) is 24.3 Å². The van der Waals surface area contributed by atoms with Gasteiger partial charge in [0.2, 0.25) is 11.8 Å². The zero-order valence-electron chi connectivity index (χ0n) is 11.0. The molecule has 1 saturated heterocycles. The van der Waals surface area contributed by atoms with Gasteiger partial charge in [-0.25, -0.2) is 9.78 Å². The SMILES string of the molecule is Cn1ncc2c(N3CC(=O)NC(=O)C3)c(C(=O)O)cnc21. The molecule has 2 N–H and O–H groups in total. The number of imide groups is 1. The van der Waals surface area contributed by atoms with Gasteiger partial charge in [-0.3, -0.25) is 19.6 Å². The average Bonchev–Trinajstić information content (AvgIpc) is 2.78. The number of carbonyl (C=O) groups excluding carboxylic acids is 2. The van der Waals surface area contributed by atoms with Crippen molar-refractivity contribution in [1.29, 1.82) is 0 Å². The lowest BCUT2D eigenvalue weighted by molar-refractivity contribution is -0.130. The van der Waals surface area contributed by atoms with Gasteiger partial charge < -0.3 is 10.0 Å². The zero-order valence-corrected chi connectivity index (χ0v) is 11.0. The molecule has 108 valence electrons. The van der Waals surface area contributed by atoms with E-state index in [0.717, 1.165) is 0 Å². The summed E-state index contributed by atoms with van der Waals surface area (Å²) < 4.78 is 1.50. The highest BCUT2D eigenvalue weighted by molar-refractivity contribution is 6.09. The summed E-state index contributed by atoms with van der Waals surface area (Å²) in [6.45, 7) is -0.194. The molecule has 1 aliphatic heterocycles. The molecule has 2 aromatic rings. The van der Waals surface area contributed by atoms with E-state index in [1.54, 1.807) is 7.05 Å². The Labute approximate surface area is 118 Å². The monoisotopic (exact) mass is 289 g/mol. The predicted molar refractivity (Wildman–Crippen MR) is 70.8 cm³/mol. The number of aryl methyl sites for hydroxylation is 1. The molecule has 0 radical (unpaired) electrons. The molecule has 21 heavy (non-hydrogen) atoms. The first-order chi connectivity index (χ1) is 9.97. The Morgan fingerprint density at radius 2 is 1.95 bits per heavy atom. The smallest absolute Gasteiger partial charge is 0.339 e. The third-order valence-electron chi connectivity index (χ3n) is 3.23. The van der Waals surface area contributed by atoms with Crippen molar-refractivity contribution in [2.45, 2.75) is 0 Å². The molecule has 2 amide bonds. The minimum atomic E-state index is -1.18. The van der Waals surface area contributed by atoms with Crippen LogP contribution >= 0.6 is 0 Å². The van der Waals surface area contributed by atoms with E-state index in [1.165, 1.54) is 22.0 Å². The van der Waals surface area contributed by atoms with E-state index in [1.807, 2.05) is 0 Å². The molecule has 1 fully saturated rings. The number of hydrogen-bond donors (Lipinski definition) is 2. The second-order valence-electron chi connectivity index (χ2n) is 4.66. The lowest BCUT2D eigenvalue weighted by Crippen LogP contribution is -2.51. The molecule has 9 nitrogen and oxygen atoms in total. The lowest BCUT2D eigenvalue weighted by atomic mass is 10.1. The predicted octanol–water partition coefficient (Wildman–Crippen LogP) is -0.871. The fourth-order valence-corrected chi connectivity index (χ4v) is 2.38. The molecule has 0 aliphatic carbocycles. The maximum absolute atomic E-state index is 11.5. The van der Waals surface area contributed by atoms with Gasteiger partial charge in [0.1, 0.15) is 5.56 Å². The van der Waals surface area contributed by atoms with Crippen molar-refractivity contribution < 1.29 is 19.5 Å². The lowest BCUT2D eigenvalue weighted by Gasteiger charge is -2.28. The van der Waals surface area contributed by atoms with Gasteiger partial charge in [0, 0.05) is 13.2 Å². The number of fused-ring (bicyclic) bond motifs is 1. The third-order valence-corrected chi connectivity index (χ3v) is 3.23. The molecule has 2 aromatic heterocycles. The maximum atomic E-state index is 11.5. The molecular formula is C12H11N5O4. The van der Waals surface area contributed by atoms with Crippen molar-refractivity contribution >= 4 is 34.5 Å². The summed E-state index contributed by atoms with van der Waals surface area (Å²) in [6.07, 6.45) is 2.68. The van der Waals surface area contributed by atoms with Crippen LogP contribution in [0.3, 0.4) is 0 Å². The van der Waals surface area contributed by atoms with Crippen LogP contribution in [0.2, 0.25) is 0 Å². The van der Waals surface area contributed by atoms with Crippen molar-refractivity contribution in [3.05, 3.63) is 18.0 Å². The van der Waals surface area contributed by atoms with Crippen molar-refractivity contribution in [1.82, 2.24) is 20.1 Å². The highest BCUT2D eigenvalue weighted by Gasteiger charge is 2.28. The third kappa shape index (κ3) is 2.08. The topological polar surface area (TPSA) is 117 Å². The number of carboxylic acid groups (broad SMARTS) is 1. The first kappa shape index (κ1) is 13.0. The molecule has 9 heteroatoms. The Hall–Kier alpha value is -2.97. The quantitative estimate of drug-likeness (QED) is 0.690. The van der Waals surface area contributed by atoms with Crippen LogP contribution in [-0.4, -0.2) is 50.7 Å². The molecular weight excluding hydrogens is 278 g/mol. The average molecular weight is 289 g/mol. The van der Waals surface area contributed by atoms with Crippen LogP contribution in [0, 0.1) is 0 Å². The number of hydrogen-bond acceptors (Lipinski definition) is 6. The molecule has 0 spiro atoms. The normalized spacial score (nSPS) is 15.4. The summed E-state index contributed by atoms with van der Waals surface area (Å²) in [5.74, 6) is -2.13. The van der Waals surface area contributed by atoms with Gasteiger partial charge in [0.15, 0.2) is 5.65 Å². The summed E-state index contributed by atoms with van der Waals surface area (Å²) in [6, 6.07) is 0. The standard InChI is InChI=1S/C12H11N5O4/c1-16-11-6(3-14-16)10(7(2-13-11)12(20)21)17-4-8(18)15-9(19)5-17/h2-3H,4-5H2,1H3,(H,20,21)(H,15,18,19). The fourth-order valence-electron chi connectivity index (χ4n) is 2.38. The first-order valence-electron chi connectivity index (χ1n) is 6.09. The molecule has 3 rings (SSSR count).